The predicted octanol–water partition coefficient (Wildman–Crippen LogP) is 6.47. The van der Waals surface area contributed by atoms with Crippen molar-refractivity contribution in [3.8, 4) is 17.6 Å². The Morgan fingerprint density at radius 3 is 2.23 bits per heavy atom. The molecule has 5 aromatic rings. The van der Waals surface area contributed by atoms with Gasteiger partial charge in [-0.3, -0.25) is 4.90 Å². The SMILES string of the molecule is N#Cc1ccc(Cn2cnnc2CN(Cc2ccc(Oc3ccccc3)cc2)Cc2ccc(F)cc2F)cc1. The molecule has 0 amide bonds. The third-order valence-electron chi connectivity index (χ3n) is 6.21. The van der Waals surface area contributed by atoms with Crippen molar-refractivity contribution in [1.82, 2.24) is 19.7 Å². The monoisotopic (exact) mass is 521 g/mol. The molecule has 39 heavy (non-hydrogen) atoms. The van der Waals surface area contributed by atoms with Crippen molar-refractivity contribution in [3.05, 3.63) is 143 Å². The van der Waals surface area contributed by atoms with Gasteiger partial charge in [0.25, 0.3) is 0 Å². The van der Waals surface area contributed by atoms with E-state index in [2.05, 4.69) is 16.3 Å². The van der Waals surface area contributed by atoms with Crippen molar-refractivity contribution in [2.75, 3.05) is 0 Å². The maximum atomic E-state index is 14.6. The molecule has 1 heterocycles. The number of rotatable bonds is 10. The van der Waals surface area contributed by atoms with Gasteiger partial charge in [0.15, 0.2) is 0 Å². The van der Waals surface area contributed by atoms with Gasteiger partial charge < -0.3 is 9.30 Å². The number of nitriles is 1. The molecule has 0 aliphatic heterocycles. The molecule has 0 aliphatic rings. The summed E-state index contributed by atoms with van der Waals surface area (Å²) >= 11 is 0. The summed E-state index contributed by atoms with van der Waals surface area (Å²) in [5, 5.41) is 17.5. The van der Waals surface area contributed by atoms with Crippen molar-refractivity contribution in [2.45, 2.75) is 26.2 Å². The molecule has 0 N–H and O–H groups in total. The van der Waals surface area contributed by atoms with Crippen LogP contribution in [0.4, 0.5) is 8.78 Å². The average Bonchev–Trinajstić information content (AvgIpc) is 3.38. The van der Waals surface area contributed by atoms with E-state index in [-0.39, 0.29) is 6.54 Å². The van der Waals surface area contributed by atoms with Crippen LogP contribution in [-0.4, -0.2) is 19.7 Å². The van der Waals surface area contributed by atoms with Crippen molar-refractivity contribution >= 4 is 0 Å². The summed E-state index contributed by atoms with van der Waals surface area (Å²) in [5.41, 5.74) is 2.98. The largest absolute Gasteiger partial charge is 0.457 e. The molecule has 5 rings (SSSR count). The predicted molar refractivity (Wildman–Crippen MR) is 143 cm³/mol. The Hall–Kier alpha value is -4.87. The van der Waals surface area contributed by atoms with Gasteiger partial charge in [0, 0.05) is 24.7 Å². The van der Waals surface area contributed by atoms with Gasteiger partial charge in [0.1, 0.15) is 35.3 Å². The number of hydrogen-bond acceptors (Lipinski definition) is 5. The van der Waals surface area contributed by atoms with E-state index in [1.807, 2.05) is 76.2 Å². The Kier molecular flexibility index (Phi) is 8.00. The lowest BCUT2D eigenvalue weighted by atomic mass is 10.1. The quantitative estimate of drug-likeness (QED) is 0.211. The van der Waals surface area contributed by atoms with Crippen LogP contribution < -0.4 is 4.74 Å². The first-order valence-electron chi connectivity index (χ1n) is 12.4. The number of para-hydroxylation sites is 1. The second kappa shape index (κ2) is 12.1. The minimum atomic E-state index is -0.612. The normalized spacial score (nSPS) is 10.9. The zero-order chi connectivity index (χ0) is 27.0. The molecule has 8 heteroatoms. The van der Waals surface area contributed by atoms with Crippen molar-refractivity contribution in [3.63, 3.8) is 0 Å². The van der Waals surface area contributed by atoms with Crippen LogP contribution in [0.15, 0.2) is 103 Å². The fourth-order valence-electron chi connectivity index (χ4n) is 4.22. The van der Waals surface area contributed by atoms with E-state index in [0.29, 0.717) is 42.3 Å². The molecular formula is C31H25F2N5O. The van der Waals surface area contributed by atoms with E-state index in [4.69, 9.17) is 10.00 Å². The van der Waals surface area contributed by atoms with Gasteiger partial charge in [-0.2, -0.15) is 5.26 Å². The summed E-state index contributed by atoms with van der Waals surface area (Å²) in [7, 11) is 0. The molecule has 0 fully saturated rings. The molecule has 6 nitrogen and oxygen atoms in total. The molecule has 0 unspecified atom stereocenters. The van der Waals surface area contributed by atoms with E-state index in [1.165, 1.54) is 12.1 Å². The number of hydrogen-bond donors (Lipinski definition) is 0. The molecule has 0 saturated heterocycles. The zero-order valence-electron chi connectivity index (χ0n) is 21.0. The fourth-order valence-corrected chi connectivity index (χ4v) is 4.22. The molecular weight excluding hydrogens is 496 g/mol. The Balaban J connectivity index is 1.34. The maximum absolute atomic E-state index is 14.6. The number of benzene rings is 4. The van der Waals surface area contributed by atoms with Crippen LogP contribution in [0.5, 0.6) is 11.5 Å². The van der Waals surface area contributed by atoms with E-state index in [0.717, 1.165) is 22.9 Å². The number of aromatic nitrogens is 3. The number of halogens is 2. The molecule has 0 atom stereocenters. The molecule has 0 bridgehead atoms. The van der Waals surface area contributed by atoms with Gasteiger partial charge in [0.2, 0.25) is 0 Å². The Morgan fingerprint density at radius 1 is 0.795 bits per heavy atom. The molecule has 1 aromatic heterocycles. The second-order valence-corrected chi connectivity index (χ2v) is 9.12. The summed E-state index contributed by atoms with van der Waals surface area (Å²) in [4.78, 5) is 2.03. The highest BCUT2D eigenvalue weighted by Gasteiger charge is 2.16. The van der Waals surface area contributed by atoms with Gasteiger partial charge in [-0.25, -0.2) is 8.78 Å². The lowest BCUT2D eigenvalue weighted by molar-refractivity contribution is 0.234. The Labute approximate surface area is 225 Å². The van der Waals surface area contributed by atoms with E-state index >= 15 is 0 Å². The molecule has 0 aliphatic carbocycles. The van der Waals surface area contributed by atoms with E-state index in [9.17, 15) is 8.78 Å². The minimum Gasteiger partial charge on any atom is -0.457 e. The summed E-state index contributed by atoms with van der Waals surface area (Å²) in [6.07, 6.45) is 1.65. The first-order valence-corrected chi connectivity index (χ1v) is 12.4. The summed E-state index contributed by atoms with van der Waals surface area (Å²) in [5.74, 6) is 0.957. The smallest absolute Gasteiger partial charge is 0.147 e. The topological polar surface area (TPSA) is 67.0 Å². The van der Waals surface area contributed by atoms with Crippen molar-refractivity contribution in [1.29, 1.82) is 5.26 Å². The zero-order valence-corrected chi connectivity index (χ0v) is 21.0. The van der Waals surface area contributed by atoms with Gasteiger partial charge in [0.05, 0.1) is 24.7 Å². The Bertz CT molecular complexity index is 1560. The van der Waals surface area contributed by atoms with E-state index in [1.54, 1.807) is 18.5 Å². The van der Waals surface area contributed by atoms with E-state index < -0.39 is 11.6 Å². The lowest BCUT2D eigenvalue weighted by Crippen LogP contribution is -2.25. The van der Waals surface area contributed by atoms with Gasteiger partial charge in [-0.1, -0.05) is 48.5 Å². The molecule has 4 aromatic carbocycles. The Morgan fingerprint density at radius 2 is 1.51 bits per heavy atom. The highest BCUT2D eigenvalue weighted by molar-refractivity contribution is 5.33. The first-order chi connectivity index (χ1) is 19.1. The lowest BCUT2D eigenvalue weighted by Gasteiger charge is -2.23. The van der Waals surface area contributed by atoms with Gasteiger partial charge in [-0.15, -0.1) is 10.2 Å². The van der Waals surface area contributed by atoms with Crippen LogP contribution in [0.3, 0.4) is 0 Å². The first kappa shape index (κ1) is 25.8. The standard InChI is InChI=1S/C31H25F2N5O/c32-27-13-12-26(30(33)16-27)20-37(18-24-10-14-29(15-11-24)39-28-4-2-1-3-5-28)21-31-36-35-22-38(31)19-25-8-6-23(17-34)7-9-25/h1-16,22H,18-21H2. The third kappa shape index (κ3) is 6.92. The van der Waals surface area contributed by atoms with Crippen molar-refractivity contribution < 1.29 is 13.5 Å². The molecule has 194 valence electrons. The fraction of sp³-hybridized carbons (Fsp3) is 0.129. The van der Waals surface area contributed by atoms with Crippen LogP contribution in [-0.2, 0) is 26.2 Å². The summed E-state index contributed by atoms with van der Waals surface area (Å²) in [6.45, 7) is 1.65. The number of ether oxygens (including phenoxy) is 1. The van der Waals surface area contributed by atoms with Gasteiger partial charge >= 0.3 is 0 Å². The highest BCUT2D eigenvalue weighted by atomic mass is 19.1. The summed E-state index contributed by atoms with van der Waals surface area (Å²) in [6, 6.07) is 30.3. The average molecular weight is 522 g/mol. The summed E-state index contributed by atoms with van der Waals surface area (Å²) < 4.78 is 35.9. The minimum absolute atomic E-state index is 0.248. The molecule has 0 saturated carbocycles. The molecule has 0 spiro atoms. The highest BCUT2D eigenvalue weighted by Crippen LogP contribution is 2.23. The second-order valence-electron chi connectivity index (χ2n) is 9.12. The van der Waals surface area contributed by atoms with Crippen LogP contribution in [0.2, 0.25) is 0 Å². The molecule has 0 radical (unpaired) electrons. The van der Waals surface area contributed by atoms with Crippen molar-refractivity contribution in [2.24, 2.45) is 0 Å². The third-order valence-corrected chi connectivity index (χ3v) is 6.21. The van der Waals surface area contributed by atoms with Gasteiger partial charge in [-0.05, 0) is 53.6 Å². The maximum Gasteiger partial charge on any atom is 0.147 e. The van der Waals surface area contributed by atoms with Crippen LogP contribution in [0.25, 0.3) is 0 Å². The number of nitrogens with zero attached hydrogens (tertiary/aromatic N) is 5. The van der Waals surface area contributed by atoms with Crippen LogP contribution in [0, 0.1) is 23.0 Å². The van der Waals surface area contributed by atoms with Crippen LogP contribution in [0.1, 0.15) is 28.1 Å². The van der Waals surface area contributed by atoms with Crippen LogP contribution >= 0.6 is 0 Å².